The highest BCUT2D eigenvalue weighted by Gasteiger charge is 1.95. The Kier molecular flexibility index (Phi) is 3.09. The van der Waals surface area contributed by atoms with E-state index in [4.69, 9.17) is 0 Å². The van der Waals surface area contributed by atoms with Crippen LogP contribution in [0.3, 0.4) is 0 Å². The lowest BCUT2D eigenvalue weighted by molar-refractivity contribution is -0.104. The molecule has 0 aliphatic rings. The van der Waals surface area contributed by atoms with Crippen LogP contribution in [0.1, 0.15) is 11.4 Å². The maximum atomic E-state index is 10.0. The Hall–Kier alpha value is -1.77. The molecule has 0 spiro atoms. The van der Waals surface area contributed by atoms with Crippen molar-refractivity contribution in [3.8, 4) is 0 Å². The van der Waals surface area contributed by atoms with Crippen LogP contribution in [0.15, 0.2) is 31.1 Å². The molecule has 66 valence electrons. The molecular formula is C10H10N2O. The summed E-state index contributed by atoms with van der Waals surface area (Å²) in [5, 5.41) is 0. The van der Waals surface area contributed by atoms with E-state index in [1.807, 2.05) is 6.92 Å². The zero-order valence-corrected chi connectivity index (χ0v) is 7.40. The number of allylic oxidation sites excluding steroid dienone is 3. The topological polar surface area (TPSA) is 42.9 Å². The fraction of sp³-hybridized carbons (Fsp3) is 0.100. The van der Waals surface area contributed by atoms with Crippen molar-refractivity contribution in [2.75, 3.05) is 0 Å². The molecule has 1 rings (SSSR count). The number of aryl methyl sites for hydroxylation is 1. The Morgan fingerprint density at radius 1 is 1.46 bits per heavy atom. The molecule has 1 aromatic rings. The zero-order chi connectivity index (χ0) is 9.68. The summed E-state index contributed by atoms with van der Waals surface area (Å²) in [4.78, 5) is 18.1. The maximum absolute atomic E-state index is 10.0. The monoisotopic (exact) mass is 174 g/mol. The van der Waals surface area contributed by atoms with E-state index in [1.54, 1.807) is 18.5 Å². The molecular weight excluding hydrogens is 164 g/mol. The lowest BCUT2D eigenvalue weighted by Crippen LogP contribution is -1.88. The minimum Gasteiger partial charge on any atom is -0.299 e. The average molecular weight is 174 g/mol. The predicted octanol–water partition coefficient (Wildman–Crippen LogP) is 1.55. The Bertz CT molecular complexity index is 338. The van der Waals surface area contributed by atoms with Crippen LogP contribution in [-0.4, -0.2) is 16.3 Å². The molecule has 0 amide bonds. The Labute approximate surface area is 76.8 Å². The first-order valence-electron chi connectivity index (χ1n) is 3.84. The highest BCUT2D eigenvalue weighted by molar-refractivity contribution is 5.77. The van der Waals surface area contributed by atoms with Crippen LogP contribution in [-0.2, 0) is 4.79 Å². The Balaban J connectivity index is 2.83. The lowest BCUT2D eigenvalue weighted by atomic mass is 10.1. The van der Waals surface area contributed by atoms with Crippen molar-refractivity contribution in [2.45, 2.75) is 6.92 Å². The lowest BCUT2D eigenvalue weighted by Gasteiger charge is -1.98. The second-order valence-corrected chi connectivity index (χ2v) is 2.54. The van der Waals surface area contributed by atoms with Gasteiger partial charge in [0.25, 0.3) is 0 Å². The average Bonchev–Trinajstić information content (AvgIpc) is 2.15. The van der Waals surface area contributed by atoms with E-state index in [-0.39, 0.29) is 0 Å². The molecule has 0 aromatic carbocycles. The van der Waals surface area contributed by atoms with Crippen molar-refractivity contribution >= 4 is 11.9 Å². The van der Waals surface area contributed by atoms with E-state index < -0.39 is 0 Å². The first-order chi connectivity index (χ1) is 6.24. The molecule has 13 heavy (non-hydrogen) atoms. The number of hydrogen-bond donors (Lipinski definition) is 0. The fourth-order valence-corrected chi connectivity index (χ4v) is 0.810. The minimum atomic E-state index is 0.709. The van der Waals surface area contributed by atoms with Crippen LogP contribution >= 0.6 is 0 Å². The summed E-state index contributed by atoms with van der Waals surface area (Å²) in [7, 11) is 0. The van der Waals surface area contributed by atoms with Gasteiger partial charge in [0.05, 0.1) is 0 Å². The van der Waals surface area contributed by atoms with Crippen molar-refractivity contribution in [1.29, 1.82) is 0 Å². The van der Waals surface area contributed by atoms with Crippen molar-refractivity contribution in [1.82, 2.24) is 9.97 Å². The largest absolute Gasteiger partial charge is 0.299 e. The number of aromatic nitrogens is 2. The van der Waals surface area contributed by atoms with Crippen LogP contribution in [0.2, 0.25) is 0 Å². The van der Waals surface area contributed by atoms with Crippen LogP contribution in [0.4, 0.5) is 0 Å². The molecule has 0 fully saturated rings. The summed E-state index contributed by atoms with van der Waals surface area (Å²) < 4.78 is 0. The van der Waals surface area contributed by atoms with Crippen LogP contribution in [0, 0.1) is 6.92 Å². The van der Waals surface area contributed by atoms with Gasteiger partial charge in [-0.25, -0.2) is 9.97 Å². The second kappa shape index (κ2) is 4.30. The summed E-state index contributed by atoms with van der Waals surface area (Å²) in [6.07, 6.45) is 7.09. The molecule has 0 bridgehead atoms. The van der Waals surface area contributed by atoms with Crippen LogP contribution in [0.25, 0.3) is 5.57 Å². The van der Waals surface area contributed by atoms with Gasteiger partial charge >= 0.3 is 0 Å². The second-order valence-electron chi connectivity index (χ2n) is 2.54. The van der Waals surface area contributed by atoms with Gasteiger partial charge in [0.2, 0.25) is 0 Å². The number of aldehydes is 1. The Morgan fingerprint density at radius 2 is 2.08 bits per heavy atom. The quantitative estimate of drug-likeness (QED) is 0.396. The Morgan fingerprint density at radius 3 is 2.62 bits per heavy atom. The van der Waals surface area contributed by atoms with Gasteiger partial charge in [0.15, 0.2) is 0 Å². The fourth-order valence-electron chi connectivity index (χ4n) is 0.810. The van der Waals surface area contributed by atoms with Gasteiger partial charge in [-0.2, -0.15) is 0 Å². The van der Waals surface area contributed by atoms with Gasteiger partial charge < -0.3 is 0 Å². The van der Waals surface area contributed by atoms with E-state index in [1.165, 1.54) is 6.08 Å². The minimum absolute atomic E-state index is 0.709. The summed E-state index contributed by atoms with van der Waals surface area (Å²) in [5.41, 5.74) is 1.55. The van der Waals surface area contributed by atoms with E-state index in [0.29, 0.717) is 6.29 Å². The molecule has 3 nitrogen and oxygen atoms in total. The summed E-state index contributed by atoms with van der Waals surface area (Å²) >= 11 is 0. The molecule has 0 unspecified atom stereocenters. The van der Waals surface area contributed by atoms with Crippen LogP contribution in [0.5, 0.6) is 0 Å². The van der Waals surface area contributed by atoms with E-state index in [9.17, 15) is 4.79 Å². The first-order valence-corrected chi connectivity index (χ1v) is 3.84. The van der Waals surface area contributed by atoms with E-state index in [2.05, 4.69) is 16.5 Å². The van der Waals surface area contributed by atoms with Gasteiger partial charge in [-0.15, -0.1) is 0 Å². The molecule has 0 aliphatic heterocycles. The summed E-state index contributed by atoms with van der Waals surface area (Å²) in [5.74, 6) is 0.718. The standard InChI is InChI=1S/C10H10N2O/c1-8(4-3-5-13)10-6-11-9(2)12-7-10/h3-7H,1H2,2H3/b4-3-. The van der Waals surface area contributed by atoms with Crippen molar-refractivity contribution in [3.05, 3.63) is 42.5 Å². The van der Waals surface area contributed by atoms with Gasteiger partial charge in [-0.3, -0.25) is 4.79 Å². The molecule has 0 saturated heterocycles. The summed E-state index contributed by atoms with van der Waals surface area (Å²) in [6, 6.07) is 0. The first kappa shape index (κ1) is 9.32. The molecule has 0 atom stereocenters. The van der Waals surface area contributed by atoms with Crippen LogP contribution < -0.4 is 0 Å². The van der Waals surface area contributed by atoms with Gasteiger partial charge in [-0.1, -0.05) is 12.7 Å². The number of nitrogens with zero attached hydrogens (tertiary/aromatic N) is 2. The number of hydrogen-bond acceptors (Lipinski definition) is 3. The highest BCUT2D eigenvalue weighted by Crippen LogP contribution is 2.10. The molecule has 3 heteroatoms. The molecule has 0 aliphatic carbocycles. The molecule has 1 aromatic heterocycles. The molecule has 1 heterocycles. The number of rotatable bonds is 3. The molecule has 0 N–H and O–H groups in total. The smallest absolute Gasteiger partial charge is 0.142 e. The number of carbonyl (C=O) groups excluding carboxylic acids is 1. The maximum Gasteiger partial charge on any atom is 0.142 e. The highest BCUT2D eigenvalue weighted by atomic mass is 16.1. The normalized spacial score (nSPS) is 10.2. The van der Waals surface area contributed by atoms with E-state index in [0.717, 1.165) is 17.0 Å². The van der Waals surface area contributed by atoms with Gasteiger partial charge in [-0.05, 0) is 18.6 Å². The zero-order valence-electron chi connectivity index (χ0n) is 7.40. The van der Waals surface area contributed by atoms with Crippen molar-refractivity contribution < 1.29 is 4.79 Å². The SMILES string of the molecule is C=C(/C=C\C=O)c1cnc(C)nc1. The third-order valence-electron chi connectivity index (χ3n) is 1.53. The third kappa shape index (κ3) is 2.63. The van der Waals surface area contributed by atoms with Crippen molar-refractivity contribution in [3.63, 3.8) is 0 Å². The van der Waals surface area contributed by atoms with Gasteiger partial charge in [0.1, 0.15) is 12.1 Å². The van der Waals surface area contributed by atoms with Gasteiger partial charge in [0, 0.05) is 18.0 Å². The van der Waals surface area contributed by atoms with Crippen molar-refractivity contribution in [2.24, 2.45) is 0 Å². The summed E-state index contributed by atoms with van der Waals surface area (Å²) in [6.45, 7) is 5.58. The number of carbonyl (C=O) groups is 1. The van der Waals surface area contributed by atoms with E-state index >= 15 is 0 Å². The molecule has 0 saturated carbocycles. The third-order valence-corrected chi connectivity index (χ3v) is 1.53. The predicted molar refractivity (Wildman–Crippen MR) is 51.0 cm³/mol. The molecule has 0 radical (unpaired) electrons.